The monoisotopic (exact) mass is 403 g/mol. The van der Waals surface area contributed by atoms with Gasteiger partial charge in [-0.3, -0.25) is 4.79 Å². The number of benzene rings is 3. The second-order valence-electron chi connectivity index (χ2n) is 7.31. The molecule has 0 spiro atoms. The fourth-order valence-electron chi connectivity index (χ4n) is 3.75. The van der Waals surface area contributed by atoms with Gasteiger partial charge in [-0.05, 0) is 53.4 Å². The van der Waals surface area contributed by atoms with Crippen molar-refractivity contribution in [2.75, 3.05) is 20.8 Å². The highest BCUT2D eigenvalue weighted by atomic mass is 16.5. The van der Waals surface area contributed by atoms with Crippen LogP contribution in [-0.4, -0.2) is 26.7 Å². The molecular weight excluding hydrogens is 378 g/mol. The number of hydrogen-bond acceptors (Lipinski definition) is 4. The van der Waals surface area contributed by atoms with Gasteiger partial charge in [-0.25, -0.2) is 0 Å². The molecule has 3 aromatic carbocycles. The van der Waals surface area contributed by atoms with E-state index >= 15 is 0 Å². The van der Waals surface area contributed by atoms with Crippen molar-refractivity contribution in [3.63, 3.8) is 0 Å². The maximum atomic E-state index is 13.2. The first kappa shape index (κ1) is 19.8. The predicted molar refractivity (Wildman–Crippen MR) is 115 cm³/mol. The van der Waals surface area contributed by atoms with Crippen LogP contribution in [0.4, 0.5) is 0 Å². The number of ether oxygens (including phenoxy) is 3. The zero-order valence-electron chi connectivity index (χ0n) is 17.1. The summed E-state index contributed by atoms with van der Waals surface area (Å²) in [5, 5.41) is 3.22. The lowest BCUT2D eigenvalue weighted by Crippen LogP contribution is -2.39. The molecule has 1 N–H and O–H groups in total. The van der Waals surface area contributed by atoms with Gasteiger partial charge in [-0.15, -0.1) is 0 Å². The summed E-state index contributed by atoms with van der Waals surface area (Å²) in [4.78, 5) is 13.2. The third-order valence-corrected chi connectivity index (χ3v) is 5.39. The van der Waals surface area contributed by atoms with Gasteiger partial charge in [0.2, 0.25) is 5.91 Å². The van der Waals surface area contributed by atoms with Crippen LogP contribution in [0.1, 0.15) is 22.7 Å². The van der Waals surface area contributed by atoms with Crippen LogP contribution in [0.5, 0.6) is 17.2 Å². The fourth-order valence-corrected chi connectivity index (χ4v) is 3.75. The summed E-state index contributed by atoms with van der Waals surface area (Å²) in [6.45, 7) is 0.352. The molecule has 0 bridgehead atoms. The molecule has 0 saturated heterocycles. The van der Waals surface area contributed by atoms with Crippen molar-refractivity contribution in [1.82, 2.24) is 5.32 Å². The lowest BCUT2D eigenvalue weighted by Gasteiger charge is -2.27. The number of hydrogen-bond donors (Lipinski definition) is 1. The first-order valence-corrected chi connectivity index (χ1v) is 9.97. The van der Waals surface area contributed by atoms with E-state index < -0.39 is 0 Å². The van der Waals surface area contributed by atoms with Gasteiger partial charge in [0.05, 0.1) is 26.2 Å². The highest BCUT2D eigenvalue weighted by Gasteiger charge is 2.29. The quantitative estimate of drug-likeness (QED) is 0.671. The van der Waals surface area contributed by atoms with Crippen LogP contribution in [0, 0.1) is 5.92 Å². The molecule has 0 aromatic heterocycles. The van der Waals surface area contributed by atoms with Crippen LogP contribution in [0.25, 0.3) is 0 Å². The van der Waals surface area contributed by atoms with Crippen LogP contribution in [-0.2, 0) is 11.2 Å². The third-order valence-electron chi connectivity index (χ3n) is 5.39. The van der Waals surface area contributed by atoms with Crippen molar-refractivity contribution >= 4 is 5.91 Å². The summed E-state index contributed by atoms with van der Waals surface area (Å²) in [5.41, 5.74) is 2.96. The summed E-state index contributed by atoms with van der Waals surface area (Å²) in [5.74, 6) is 2.01. The molecule has 5 nitrogen and oxygen atoms in total. The number of fused-ring (bicyclic) bond motifs is 1. The Morgan fingerprint density at radius 1 is 0.933 bits per heavy atom. The molecule has 1 amide bonds. The maximum Gasteiger partial charge on any atom is 0.227 e. The van der Waals surface area contributed by atoms with Crippen LogP contribution >= 0.6 is 0 Å². The largest absolute Gasteiger partial charge is 0.497 e. The third kappa shape index (κ3) is 4.25. The van der Waals surface area contributed by atoms with Gasteiger partial charge in [0.15, 0.2) is 0 Å². The Morgan fingerprint density at radius 2 is 1.67 bits per heavy atom. The summed E-state index contributed by atoms with van der Waals surface area (Å²) in [6.07, 6.45) is 0.609. The molecule has 30 heavy (non-hydrogen) atoms. The van der Waals surface area contributed by atoms with Gasteiger partial charge in [0, 0.05) is 0 Å². The van der Waals surface area contributed by atoms with Crippen LogP contribution < -0.4 is 19.5 Å². The molecule has 1 heterocycles. The van der Waals surface area contributed by atoms with Crippen molar-refractivity contribution in [2.45, 2.75) is 12.5 Å². The van der Waals surface area contributed by atoms with E-state index in [-0.39, 0.29) is 17.9 Å². The lowest BCUT2D eigenvalue weighted by molar-refractivity contribution is -0.126. The Balaban J connectivity index is 1.57. The lowest BCUT2D eigenvalue weighted by atomic mass is 9.93. The zero-order chi connectivity index (χ0) is 20.9. The SMILES string of the molecule is COc1cccc([C@H](NC(=O)[C@H]2COc3ccc(OC)cc3C2)c2ccccc2)c1. The first-order chi connectivity index (χ1) is 14.7. The van der Waals surface area contributed by atoms with Gasteiger partial charge in [-0.2, -0.15) is 0 Å². The molecule has 0 radical (unpaired) electrons. The number of methoxy groups -OCH3 is 2. The molecule has 0 aliphatic carbocycles. The van der Waals surface area contributed by atoms with Gasteiger partial charge < -0.3 is 19.5 Å². The molecular formula is C25H25NO4. The highest BCUT2D eigenvalue weighted by Crippen LogP contribution is 2.32. The summed E-state index contributed by atoms with van der Waals surface area (Å²) < 4.78 is 16.5. The zero-order valence-corrected chi connectivity index (χ0v) is 17.1. The fraction of sp³-hybridized carbons (Fsp3) is 0.240. The molecule has 0 fully saturated rings. The van der Waals surface area contributed by atoms with Crippen molar-refractivity contribution in [3.05, 3.63) is 89.5 Å². The summed E-state index contributed by atoms with van der Waals surface area (Å²) in [6, 6.07) is 23.1. The summed E-state index contributed by atoms with van der Waals surface area (Å²) in [7, 11) is 3.27. The minimum Gasteiger partial charge on any atom is -0.497 e. The van der Waals surface area contributed by atoms with Crippen LogP contribution in [0.2, 0.25) is 0 Å². The van der Waals surface area contributed by atoms with Gasteiger partial charge in [0.25, 0.3) is 0 Å². The van der Waals surface area contributed by atoms with Gasteiger partial charge in [-0.1, -0.05) is 42.5 Å². The smallest absolute Gasteiger partial charge is 0.227 e. The Labute approximate surface area is 176 Å². The van der Waals surface area contributed by atoms with E-state index in [9.17, 15) is 4.79 Å². The number of rotatable bonds is 6. The molecule has 0 unspecified atom stereocenters. The molecule has 4 rings (SSSR count). The molecule has 2 atom stereocenters. The molecule has 1 aliphatic rings. The Morgan fingerprint density at radius 3 is 2.43 bits per heavy atom. The van der Waals surface area contributed by atoms with E-state index in [1.54, 1.807) is 14.2 Å². The Bertz CT molecular complexity index is 1020. The van der Waals surface area contributed by atoms with Crippen molar-refractivity contribution in [2.24, 2.45) is 5.92 Å². The number of nitrogens with one attached hydrogen (secondary N) is 1. The topological polar surface area (TPSA) is 56.8 Å². The Kier molecular flexibility index (Phi) is 5.89. The standard InChI is InChI=1S/C25H25NO4/c1-28-21-10-6-9-18(14-21)24(17-7-4-3-5-8-17)26-25(27)20-13-19-15-22(29-2)11-12-23(19)30-16-20/h3-12,14-15,20,24H,13,16H2,1-2H3,(H,26,27)/t20-,24-/m1/s1. The van der Waals surface area contributed by atoms with E-state index in [0.29, 0.717) is 13.0 Å². The normalized spacial score (nSPS) is 16.0. The average molecular weight is 403 g/mol. The second-order valence-corrected chi connectivity index (χ2v) is 7.31. The minimum atomic E-state index is -0.277. The van der Waals surface area contributed by atoms with E-state index in [1.165, 1.54) is 0 Å². The van der Waals surface area contributed by atoms with Gasteiger partial charge in [0.1, 0.15) is 23.9 Å². The van der Waals surface area contributed by atoms with E-state index in [2.05, 4.69) is 5.32 Å². The van der Waals surface area contributed by atoms with Crippen LogP contribution in [0.3, 0.4) is 0 Å². The van der Waals surface area contributed by atoms with E-state index in [1.807, 2.05) is 72.8 Å². The van der Waals surface area contributed by atoms with E-state index in [0.717, 1.165) is 33.9 Å². The second kappa shape index (κ2) is 8.91. The molecule has 1 aliphatic heterocycles. The maximum absolute atomic E-state index is 13.2. The number of carbonyl (C=O) groups excluding carboxylic acids is 1. The Hall–Kier alpha value is -3.47. The van der Waals surface area contributed by atoms with Crippen LogP contribution in [0.15, 0.2) is 72.8 Å². The first-order valence-electron chi connectivity index (χ1n) is 9.97. The number of carbonyl (C=O) groups is 1. The molecule has 5 heteroatoms. The number of amides is 1. The average Bonchev–Trinajstić information content (AvgIpc) is 2.82. The summed E-state index contributed by atoms with van der Waals surface area (Å²) >= 11 is 0. The predicted octanol–water partition coefficient (Wildman–Crippen LogP) is 4.16. The van der Waals surface area contributed by atoms with E-state index in [4.69, 9.17) is 14.2 Å². The molecule has 3 aromatic rings. The van der Waals surface area contributed by atoms with Gasteiger partial charge >= 0.3 is 0 Å². The van der Waals surface area contributed by atoms with Crippen molar-refractivity contribution in [3.8, 4) is 17.2 Å². The molecule has 154 valence electrons. The molecule has 0 saturated carbocycles. The van der Waals surface area contributed by atoms with Crippen molar-refractivity contribution in [1.29, 1.82) is 0 Å². The minimum absolute atomic E-state index is 0.0415. The highest BCUT2D eigenvalue weighted by molar-refractivity contribution is 5.80. The van der Waals surface area contributed by atoms with Crippen molar-refractivity contribution < 1.29 is 19.0 Å².